The van der Waals surface area contributed by atoms with E-state index in [1.54, 1.807) is 0 Å². The lowest BCUT2D eigenvalue weighted by Crippen LogP contribution is -2.06. The SMILES string of the molecule is CC(F)(F)CC#CCCCCCCCCCCO. The van der Waals surface area contributed by atoms with E-state index in [0.29, 0.717) is 6.61 Å². The van der Waals surface area contributed by atoms with Crippen LogP contribution in [0.1, 0.15) is 71.1 Å². The van der Waals surface area contributed by atoms with Crippen molar-refractivity contribution in [2.45, 2.75) is 77.1 Å². The molecule has 0 heterocycles. The van der Waals surface area contributed by atoms with E-state index in [1.807, 2.05) is 0 Å². The van der Waals surface area contributed by atoms with Gasteiger partial charge in [0.1, 0.15) is 0 Å². The third-order valence-corrected chi connectivity index (χ3v) is 2.73. The number of hydrogen-bond donors (Lipinski definition) is 1. The van der Waals surface area contributed by atoms with Gasteiger partial charge in [-0.1, -0.05) is 44.4 Å². The lowest BCUT2D eigenvalue weighted by Gasteiger charge is -2.02. The highest BCUT2D eigenvalue weighted by Gasteiger charge is 2.18. The molecular formula is C15H26F2O. The van der Waals surface area contributed by atoms with E-state index in [-0.39, 0.29) is 6.42 Å². The van der Waals surface area contributed by atoms with Crippen molar-refractivity contribution < 1.29 is 13.9 Å². The van der Waals surface area contributed by atoms with Gasteiger partial charge in [-0.25, -0.2) is 8.78 Å². The fourth-order valence-corrected chi connectivity index (χ4v) is 1.69. The molecule has 0 rings (SSSR count). The Labute approximate surface area is 110 Å². The zero-order chi connectivity index (χ0) is 13.7. The van der Waals surface area contributed by atoms with Gasteiger partial charge in [0, 0.05) is 20.0 Å². The number of halogens is 2. The van der Waals surface area contributed by atoms with E-state index in [9.17, 15) is 8.78 Å². The average Bonchev–Trinajstić information content (AvgIpc) is 2.29. The molecule has 0 aliphatic heterocycles. The first-order chi connectivity index (χ1) is 8.56. The average molecular weight is 260 g/mol. The summed E-state index contributed by atoms with van der Waals surface area (Å²) in [6.07, 6.45) is 9.45. The van der Waals surface area contributed by atoms with Gasteiger partial charge in [0.15, 0.2) is 0 Å². The van der Waals surface area contributed by atoms with Crippen molar-refractivity contribution in [1.82, 2.24) is 0 Å². The summed E-state index contributed by atoms with van der Waals surface area (Å²) in [4.78, 5) is 0. The normalized spacial score (nSPS) is 11.1. The van der Waals surface area contributed by atoms with Crippen LogP contribution in [0.15, 0.2) is 0 Å². The number of unbranched alkanes of at least 4 members (excludes halogenated alkanes) is 8. The second-order valence-corrected chi connectivity index (χ2v) is 4.90. The minimum atomic E-state index is -2.65. The van der Waals surface area contributed by atoms with Gasteiger partial charge in [0.05, 0.1) is 6.42 Å². The lowest BCUT2D eigenvalue weighted by atomic mass is 10.1. The molecule has 0 aliphatic carbocycles. The fourth-order valence-electron chi connectivity index (χ4n) is 1.69. The van der Waals surface area contributed by atoms with E-state index >= 15 is 0 Å². The Kier molecular flexibility index (Phi) is 11.1. The molecule has 0 aromatic heterocycles. The highest BCUT2D eigenvalue weighted by atomic mass is 19.3. The fraction of sp³-hybridized carbons (Fsp3) is 0.867. The quantitative estimate of drug-likeness (QED) is 0.451. The van der Waals surface area contributed by atoms with Crippen molar-refractivity contribution in [3.63, 3.8) is 0 Å². The van der Waals surface area contributed by atoms with Crippen LogP contribution in [0.2, 0.25) is 0 Å². The zero-order valence-electron chi connectivity index (χ0n) is 11.5. The summed E-state index contributed by atoms with van der Waals surface area (Å²) < 4.78 is 24.8. The van der Waals surface area contributed by atoms with Gasteiger partial charge in [-0.15, -0.1) is 5.92 Å². The molecular weight excluding hydrogens is 234 g/mol. The maximum absolute atomic E-state index is 12.4. The molecule has 18 heavy (non-hydrogen) atoms. The Morgan fingerprint density at radius 1 is 0.833 bits per heavy atom. The number of hydrogen-bond acceptors (Lipinski definition) is 1. The largest absolute Gasteiger partial charge is 0.396 e. The second kappa shape index (κ2) is 11.5. The topological polar surface area (TPSA) is 20.2 Å². The molecule has 1 N–H and O–H groups in total. The van der Waals surface area contributed by atoms with E-state index in [1.165, 1.54) is 25.7 Å². The Bertz CT molecular complexity index is 235. The molecule has 0 spiro atoms. The molecule has 3 heteroatoms. The van der Waals surface area contributed by atoms with Gasteiger partial charge in [-0.2, -0.15) is 0 Å². The number of rotatable bonds is 10. The monoisotopic (exact) mass is 260 g/mol. The van der Waals surface area contributed by atoms with Crippen molar-refractivity contribution in [1.29, 1.82) is 0 Å². The molecule has 0 saturated heterocycles. The first kappa shape index (κ1) is 17.4. The van der Waals surface area contributed by atoms with Gasteiger partial charge in [-0.3, -0.25) is 0 Å². The lowest BCUT2D eigenvalue weighted by molar-refractivity contribution is 0.0278. The highest BCUT2D eigenvalue weighted by Crippen LogP contribution is 2.15. The number of aliphatic hydroxyl groups excluding tert-OH is 1. The minimum Gasteiger partial charge on any atom is -0.396 e. The van der Waals surface area contributed by atoms with E-state index in [4.69, 9.17) is 5.11 Å². The first-order valence-corrected chi connectivity index (χ1v) is 7.00. The molecule has 0 fully saturated rings. The van der Waals surface area contributed by atoms with Crippen molar-refractivity contribution >= 4 is 0 Å². The molecule has 0 aromatic carbocycles. The molecule has 0 unspecified atom stereocenters. The van der Waals surface area contributed by atoms with Crippen LogP contribution in [-0.4, -0.2) is 17.6 Å². The maximum Gasteiger partial charge on any atom is 0.256 e. The highest BCUT2D eigenvalue weighted by molar-refractivity contribution is 5.00. The van der Waals surface area contributed by atoms with Crippen LogP contribution >= 0.6 is 0 Å². The maximum atomic E-state index is 12.4. The van der Waals surface area contributed by atoms with Gasteiger partial charge < -0.3 is 5.11 Å². The van der Waals surface area contributed by atoms with Gasteiger partial charge in [0.25, 0.3) is 5.92 Å². The minimum absolute atomic E-state index is 0.301. The standard InChI is InChI=1S/C15H26F2O/c1-15(16,17)13-11-9-7-5-3-2-4-6-8-10-12-14-18/h18H,2-8,10,12-14H2,1H3. The summed E-state index contributed by atoms with van der Waals surface area (Å²) in [5, 5.41) is 8.60. The van der Waals surface area contributed by atoms with Crippen LogP contribution < -0.4 is 0 Å². The predicted octanol–water partition coefficient (Wildman–Crippen LogP) is 4.54. The van der Waals surface area contributed by atoms with E-state index < -0.39 is 5.92 Å². The summed E-state index contributed by atoms with van der Waals surface area (Å²) in [5.41, 5.74) is 0. The van der Waals surface area contributed by atoms with Crippen LogP contribution in [0.5, 0.6) is 0 Å². The number of aliphatic hydroxyl groups is 1. The van der Waals surface area contributed by atoms with Gasteiger partial charge >= 0.3 is 0 Å². The van der Waals surface area contributed by atoms with Crippen LogP contribution in [0.4, 0.5) is 8.78 Å². The van der Waals surface area contributed by atoms with Gasteiger partial charge in [-0.05, 0) is 12.8 Å². The van der Waals surface area contributed by atoms with Crippen LogP contribution in [-0.2, 0) is 0 Å². The van der Waals surface area contributed by atoms with Crippen molar-refractivity contribution in [2.24, 2.45) is 0 Å². The summed E-state index contributed by atoms with van der Waals surface area (Å²) >= 11 is 0. The molecule has 0 bridgehead atoms. The summed E-state index contributed by atoms with van der Waals surface area (Å²) in [6.45, 7) is 1.20. The molecule has 0 atom stereocenters. The van der Waals surface area contributed by atoms with Crippen molar-refractivity contribution in [2.75, 3.05) is 6.61 Å². The smallest absolute Gasteiger partial charge is 0.256 e. The Balaban J connectivity index is 3.16. The Hall–Kier alpha value is -0.620. The van der Waals surface area contributed by atoms with Crippen molar-refractivity contribution in [3.8, 4) is 11.8 Å². The summed E-state index contributed by atoms with van der Waals surface area (Å²) in [7, 11) is 0. The predicted molar refractivity (Wildman–Crippen MR) is 71.7 cm³/mol. The Morgan fingerprint density at radius 2 is 1.33 bits per heavy atom. The Morgan fingerprint density at radius 3 is 1.83 bits per heavy atom. The first-order valence-electron chi connectivity index (χ1n) is 7.00. The van der Waals surface area contributed by atoms with Crippen LogP contribution in [0.25, 0.3) is 0 Å². The van der Waals surface area contributed by atoms with Crippen molar-refractivity contribution in [3.05, 3.63) is 0 Å². The molecule has 0 aromatic rings. The molecule has 0 amide bonds. The summed E-state index contributed by atoms with van der Waals surface area (Å²) in [5.74, 6) is 2.68. The molecule has 0 saturated carbocycles. The molecule has 0 aliphatic rings. The number of alkyl halides is 2. The molecule has 1 nitrogen and oxygen atoms in total. The van der Waals surface area contributed by atoms with E-state index in [0.717, 1.165) is 39.0 Å². The van der Waals surface area contributed by atoms with E-state index in [2.05, 4.69) is 11.8 Å². The third-order valence-electron chi connectivity index (χ3n) is 2.73. The summed E-state index contributed by atoms with van der Waals surface area (Å²) in [6, 6.07) is 0. The second-order valence-electron chi connectivity index (χ2n) is 4.90. The van der Waals surface area contributed by atoms with Crippen LogP contribution in [0.3, 0.4) is 0 Å². The molecule has 0 radical (unpaired) electrons. The third kappa shape index (κ3) is 15.4. The van der Waals surface area contributed by atoms with Gasteiger partial charge in [0.2, 0.25) is 0 Å². The molecule has 106 valence electrons. The zero-order valence-corrected chi connectivity index (χ0v) is 11.5. The van der Waals surface area contributed by atoms with Crippen LogP contribution in [0, 0.1) is 11.8 Å².